The number of likely N-dealkylation sites (tertiary alicyclic amines) is 1. The molecule has 0 bridgehead atoms. The van der Waals surface area contributed by atoms with Crippen LogP contribution in [-0.4, -0.2) is 47.4 Å². The van der Waals surface area contributed by atoms with Crippen LogP contribution in [0.5, 0.6) is 0 Å². The van der Waals surface area contributed by atoms with Crippen LogP contribution in [0, 0.1) is 5.92 Å². The van der Waals surface area contributed by atoms with Gasteiger partial charge in [0.25, 0.3) is 0 Å². The molecule has 1 fully saturated rings. The Bertz CT molecular complexity index is 551. The fourth-order valence-corrected chi connectivity index (χ4v) is 3.18. The van der Waals surface area contributed by atoms with Crippen molar-refractivity contribution in [2.24, 2.45) is 5.92 Å². The van der Waals surface area contributed by atoms with Crippen LogP contribution in [0.2, 0.25) is 0 Å². The van der Waals surface area contributed by atoms with Crippen LogP contribution in [0.4, 0.5) is 0 Å². The first kappa shape index (κ1) is 22.9. The number of rotatable bonds is 10. The molecule has 0 radical (unpaired) electrons. The summed E-state index contributed by atoms with van der Waals surface area (Å²) in [6, 6.07) is -0.0314. The van der Waals surface area contributed by atoms with E-state index in [0.717, 1.165) is 12.8 Å². The smallest absolute Gasteiger partial charge is 0.307 e. The van der Waals surface area contributed by atoms with E-state index in [1.165, 1.54) is 0 Å². The first-order chi connectivity index (χ1) is 12.7. The van der Waals surface area contributed by atoms with Crippen molar-refractivity contribution in [1.29, 1.82) is 0 Å². The number of hydrogen-bond acceptors (Lipinski definition) is 4. The topological polar surface area (TPSA) is 75.7 Å². The highest BCUT2D eigenvalue weighted by atomic mass is 16.6. The van der Waals surface area contributed by atoms with Crippen molar-refractivity contribution in [2.75, 3.05) is 13.1 Å². The minimum Gasteiger partial charge on any atom is -0.460 e. The van der Waals surface area contributed by atoms with Crippen molar-refractivity contribution in [3.63, 3.8) is 0 Å². The first-order valence-electron chi connectivity index (χ1n) is 9.68. The molecule has 2 atom stereocenters. The van der Waals surface area contributed by atoms with Gasteiger partial charge in [-0.1, -0.05) is 12.2 Å². The van der Waals surface area contributed by atoms with Crippen molar-refractivity contribution >= 4 is 17.8 Å². The number of carbonyl (C=O) groups is 3. The first-order valence-corrected chi connectivity index (χ1v) is 9.68. The Morgan fingerprint density at radius 1 is 1.26 bits per heavy atom. The van der Waals surface area contributed by atoms with Crippen molar-refractivity contribution in [2.45, 2.75) is 70.9 Å². The van der Waals surface area contributed by atoms with Gasteiger partial charge in [0.1, 0.15) is 5.60 Å². The predicted octanol–water partition coefficient (Wildman–Crippen LogP) is 2.98. The largest absolute Gasteiger partial charge is 0.460 e. The zero-order valence-corrected chi connectivity index (χ0v) is 17.0. The lowest BCUT2D eigenvalue weighted by molar-refractivity contribution is -0.158. The van der Waals surface area contributed by atoms with E-state index in [1.807, 2.05) is 0 Å². The highest BCUT2D eigenvalue weighted by Crippen LogP contribution is 2.24. The molecule has 0 aromatic rings. The normalized spacial score (nSPS) is 17.9. The molecule has 1 aliphatic heterocycles. The predicted molar refractivity (Wildman–Crippen MR) is 106 cm³/mol. The second kappa shape index (κ2) is 10.9. The monoisotopic (exact) mass is 378 g/mol. The van der Waals surface area contributed by atoms with Crippen LogP contribution in [0.3, 0.4) is 0 Å². The van der Waals surface area contributed by atoms with Gasteiger partial charge in [-0.25, -0.2) is 0 Å². The molecule has 6 nitrogen and oxygen atoms in total. The Hall–Kier alpha value is -2.11. The molecule has 2 amide bonds. The van der Waals surface area contributed by atoms with Crippen LogP contribution < -0.4 is 5.32 Å². The number of amides is 2. The van der Waals surface area contributed by atoms with Crippen LogP contribution in [0.1, 0.15) is 59.3 Å². The molecule has 27 heavy (non-hydrogen) atoms. The highest BCUT2D eigenvalue weighted by Gasteiger charge is 2.34. The molecule has 0 aromatic heterocycles. The SMILES string of the molecule is C=CCCC(=O)NCC1CCCN1C(=O)C(CC=C)CC(=O)OC(C)(C)C. The Labute approximate surface area is 163 Å². The molecule has 152 valence electrons. The third kappa shape index (κ3) is 8.41. The zero-order chi connectivity index (χ0) is 20.4. The summed E-state index contributed by atoms with van der Waals surface area (Å²) in [4.78, 5) is 38.8. The number of nitrogens with zero attached hydrogens (tertiary/aromatic N) is 1. The quantitative estimate of drug-likeness (QED) is 0.468. The Balaban J connectivity index is 2.67. The number of esters is 1. The fraction of sp³-hybridized carbons (Fsp3) is 0.667. The van der Waals surface area contributed by atoms with Gasteiger partial charge in [0, 0.05) is 25.6 Å². The van der Waals surface area contributed by atoms with Gasteiger partial charge in [-0.2, -0.15) is 0 Å². The lowest BCUT2D eigenvalue weighted by Gasteiger charge is -2.29. The maximum atomic E-state index is 13.0. The van der Waals surface area contributed by atoms with Gasteiger partial charge in [0.2, 0.25) is 11.8 Å². The number of carbonyl (C=O) groups excluding carboxylic acids is 3. The minimum absolute atomic E-state index is 0.0314. The number of ether oxygens (including phenoxy) is 1. The highest BCUT2D eigenvalue weighted by molar-refractivity contribution is 5.84. The molecule has 1 heterocycles. The summed E-state index contributed by atoms with van der Waals surface area (Å²) in [5, 5.41) is 2.89. The van der Waals surface area contributed by atoms with E-state index >= 15 is 0 Å². The van der Waals surface area contributed by atoms with E-state index in [9.17, 15) is 14.4 Å². The molecule has 0 saturated carbocycles. The summed E-state index contributed by atoms with van der Waals surface area (Å²) < 4.78 is 5.36. The molecule has 1 aliphatic rings. The van der Waals surface area contributed by atoms with E-state index in [2.05, 4.69) is 18.5 Å². The average molecular weight is 379 g/mol. The van der Waals surface area contributed by atoms with Gasteiger partial charge in [0.15, 0.2) is 0 Å². The Morgan fingerprint density at radius 2 is 1.96 bits per heavy atom. The molecular weight excluding hydrogens is 344 g/mol. The van der Waals surface area contributed by atoms with Crippen molar-refractivity contribution in [1.82, 2.24) is 10.2 Å². The molecule has 2 unspecified atom stereocenters. The standard InChI is InChI=1S/C21H34N2O4/c1-6-8-12-18(24)22-15-17-11-9-13-23(17)20(26)16(10-7-2)14-19(25)27-21(3,4)5/h6-7,16-17H,1-2,8-15H2,3-5H3,(H,22,24). The van der Waals surface area contributed by atoms with Crippen LogP contribution in [0.25, 0.3) is 0 Å². The molecule has 1 saturated heterocycles. The van der Waals surface area contributed by atoms with E-state index in [4.69, 9.17) is 4.74 Å². The van der Waals surface area contributed by atoms with Gasteiger partial charge in [-0.05, 0) is 46.5 Å². The van der Waals surface area contributed by atoms with Crippen LogP contribution >= 0.6 is 0 Å². The summed E-state index contributed by atoms with van der Waals surface area (Å²) in [6.45, 7) is 13.8. The molecule has 0 aliphatic carbocycles. The Morgan fingerprint density at radius 3 is 2.56 bits per heavy atom. The summed E-state index contributed by atoms with van der Waals surface area (Å²) in [7, 11) is 0. The van der Waals surface area contributed by atoms with E-state index in [-0.39, 0.29) is 30.2 Å². The Kier molecular flexibility index (Phi) is 9.26. The van der Waals surface area contributed by atoms with E-state index in [1.54, 1.807) is 37.8 Å². The van der Waals surface area contributed by atoms with Gasteiger partial charge < -0.3 is 15.0 Å². The van der Waals surface area contributed by atoms with Gasteiger partial charge in [-0.3, -0.25) is 14.4 Å². The minimum atomic E-state index is -0.579. The van der Waals surface area contributed by atoms with Crippen molar-refractivity contribution in [3.05, 3.63) is 25.3 Å². The van der Waals surface area contributed by atoms with Crippen molar-refractivity contribution in [3.8, 4) is 0 Å². The third-order valence-electron chi connectivity index (χ3n) is 4.40. The molecule has 6 heteroatoms. The second-order valence-electron chi connectivity index (χ2n) is 7.97. The average Bonchev–Trinajstić information content (AvgIpc) is 3.03. The molecule has 0 spiro atoms. The maximum absolute atomic E-state index is 13.0. The van der Waals surface area contributed by atoms with Crippen LogP contribution in [-0.2, 0) is 19.1 Å². The molecule has 0 aromatic carbocycles. The number of nitrogens with one attached hydrogen (secondary N) is 1. The fourth-order valence-electron chi connectivity index (χ4n) is 3.18. The third-order valence-corrected chi connectivity index (χ3v) is 4.40. The second-order valence-corrected chi connectivity index (χ2v) is 7.97. The number of hydrogen-bond donors (Lipinski definition) is 1. The summed E-state index contributed by atoms with van der Waals surface area (Å²) in [6.07, 6.45) is 6.62. The lowest BCUT2D eigenvalue weighted by Crippen LogP contribution is -2.45. The van der Waals surface area contributed by atoms with E-state index in [0.29, 0.717) is 32.4 Å². The molecular formula is C21H34N2O4. The summed E-state index contributed by atoms with van der Waals surface area (Å²) in [5.74, 6) is -0.959. The summed E-state index contributed by atoms with van der Waals surface area (Å²) in [5.41, 5.74) is -0.579. The van der Waals surface area contributed by atoms with Crippen LogP contribution in [0.15, 0.2) is 25.3 Å². The number of allylic oxidation sites excluding steroid dienone is 2. The van der Waals surface area contributed by atoms with E-state index < -0.39 is 11.5 Å². The lowest BCUT2D eigenvalue weighted by atomic mass is 9.99. The van der Waals surface area contributed by atoms with Gasteiger partial charge >= 0.3 is 5.97 Å². The molecule has 1 rings (SSSR count). The van der Waals surface area contributed by atoms with Gasteiger partial charge in [0.05, 0.1) is 12.3 Å². The summed E-state index contributed by atoms with van der Waals surface area (Å²) >= 11 is 0. The molecule has 1 N–H and O–H groups in total. The zero-order valence-electron chi connectivity index (χ0n) is 17.0. The maximum Gasteiger partial charge on any atom is 0.307 e. The van der Waals surface area contributed by atoms with Gasteiger partial charge in [-0.15, -0.1) is 13.2 Å². The van der Waals surface area contributed by atoms with Crippen molar-refractivity contribution < 1.29 is 19.1 Å².